The molecule has 34 heavy (non-hydrogen) atoms. The van der Waals surface area contributed by atoms with Gasteiger partial charge in [0.1, 0.15) is 5.82 Å². The number of halogens is 1. The van der Waals surface area contributed by atoms with Crippen LogP contribution in [0.2, 0.25) is 0 Å². The molecule has 0 saturated carbocycles. The molecule has 170 valence electrons. The minimum Gasteiger partial charge on any atom is -0.493 e. The van der Waals surface area contributed by atoms with Crippen LogP contribution in [-0.4, -0.2) is 29.9 Å². The molecule has 5 rings (SSSR count). The van der Waals surface area contributed by atoms with Gasteiger partial charge in [-0.1, -0.05) is 29.8 Å². The van der Waals surface area contributed by atoms with Crippen LogP contribution in [0.3, 0.4) is 0 Å². The van der Waals surface area contributed by atoms with E-state index in [-0.39, 0.29) is 5.82 Å². The Morgan fingerprint density at radius 1 is 0.882 bits per heavy atom. The highest BCUT2D eigenvalue weighted by Crippen LogP contribution is 2.34. The number of aliphatic imine (C=N–C) groups is 1. The molecule has 0 radical (unpaired) electrons. The third kappa shape index (κ3) is 3.96. The summed E-state index contributed by atoms with van der Waals surface area (Å²) >= 11 is 0. The molecule has 0 spiro atoms. The molecule has 1 aliphatic heterocycles. The molecule has 0 atom stereocenters. The van der Waals surface area contributed by atoms with Crippen LogP contribution in [-0.2, 0) is 6.54 Å². The molecule has 2 heterocycles. The number of ether oxygens (including phenoxy) is 2. The van der Waals surface area contributed by atoms with E-state index in [1.807, 2.05) is 43.3 Å². The zero-order valence-electron chi connectivity index (χ0n) is 19.1. The van der Waals surface area contributed by atoms with E-state index >= 15 is 0 Å². The lowest BCUT2D eigenvalue weighted by molar-refractivity contribution is 0.355. The van der Waals surface area contributed by atoms with Gasteiger partial charge in [-0.3, -0.25) is 4.99 Å². The Balaban J connectivity index is 1.58. The number of nitrogens with zero attached hydrogens (tertiary/aromatic N) is 3. The summed E-state index contributed by atoms with van der Waals surface area (Å²) in [6.45, 7) is 2.37. The number of hydrogen-bond donors (Lipinski definition) is 1. The molecule has 1 aromatic heterocycles. The first kappa shape index (κ1) is 21.6. The second kappa shape index (κ2) is 8.94. The van der Waals surface area contributed by atoms with E-state index in [1.165, 1.54) is 6.07 Å². The molecule has 0 fully saturated rings. The van der Waals surface area contributed by atoms with Crippen molar-refractivity contribution in [2.75, 3.05) is 19.5 Å². The highest BCUT2D eigenvalue weighted by molar-refractivity contribution is 6.17. The number of hydrogen-bond acceptors (Lipinski definition) is 6. The molecular formula is C27H23FN4O2. The van der Waals surface area contributed by atoms with Crippen LogP contribution >= 0.6 is 0 Å². The molecule has 4 aromatic rings. The molecule has 0 saturated heterocycles. The fourth-order valence-corrected chi connectivity index (χ4v) is 4.05. The number of aryl methyl sites for hydroxylation is 1. The zero-order chi connectivity index (χ0) is 23.7. The Kier molecular flexibility index (Phi) is 5.67. The maximum absolute atomic E-state index is 14.7. The maximum Gasteiger partial charge on any atom is 0.227 e. The van der Waals surface area contributed by atoms with E-state index in [9.17, 15) is 4.39 Å². The van der Waals surface area contributed by atoms with Crippen molar-refractivity contribution in [2.24, 2.45) is 4.99 Å². The van der Waals surface area contributed by atoms with Crippen molar-refractivity contribution >= 4 is 17.3 Å². The van der Waals surface area contributed by atoms with Crippen LogP contribution in [0.1, 0.15) is 22.3 Å². The Morgan fingerprint density at radius 2 is 1.71 bits per heavy atom. The van der Waals surface area contributed by atoms with E-state index in [0.717, 1.165) is 33.6 Å². The Hall–Kier alpha value is -4.26. The lowest BCUT2D eigenvalue weighted by atomic mass is 9.93. The molecule has 0 amide bonds. The van der Waals surface area contributed by atoms with Crippen LogP contribution in [0.25, 0.3) is 11.3 Å². The minimum absolute atomic E-state index is 0.305. The lowest BCUT2D eigenvalue weighted by Gasteiger charge is -2.14. The number of benzene rings is 3. The van der Waals surface area contributed by atoms with Crippen molar-refractivity contribution < 1.29 is 13.9 Å². The normalized spacial score (nSPS) is 12.2. The van der Waals surface area contributed by atoms with Gasteiger partial charge in [0.05, 0.1) is 32.2 Å². The van der Waals surface area contributed by atoms with E-state index < -0.39 is 0 Å². The van der Waals surface area contributed by atoms with E-state index in [0.29, 0.717) is 35.3 Å². The van der Waals surface area contributed by atoms with Gasteiger partial charge in [0.25, 0.3) is 0 Å². The van der Waals surface area contributed by atoms with Gasteiger partial charge in [-0.15, -0.1) is 0 Å². The first-order valence-electron chi connectivity index (χ1n) is 10.8. The maximum atomic E-state index is 14.7. The molecular weight excluding hydrogens is 431 g/mol. The van der Waals surface area contributed by atoms with Gasteiger partial charge in [0, 0.05) is 40.2 Å². The van der Waals surface area contributed by atoms with Gasteiger partial charge < -0.3 is 14.8 Å². The Bertz CT molecular complexity index is 1420. The number of rotatable bonds is 5. The van der Waals surface area contributed by atoms with Gasteiger partial charge in [-0.2, -0.15) is 0 Å². The highest BCUT2D eigenvalue weighted by Gasteiger charge is 2.22. The third-order valence-corrected chi connectivity index (χ3v) is 5.73. The summed E-state index contributed by atoms with van der Waals surface area (Å²) in [5, 5.41) is 3.24. The minimum atomic E-state index is -0.305. The summed E-state index contributed by atoms with van der Waals surface area (Å²) in [6, 6.07) is 18.3. The smallest absolute Gasteiger partial charge is 0.227 e. The second-order valence-electron chi connectivity index (χ2n) is 7.96. The van der Waals surface area contributed by atoms with Crippen LogP contribution in [0.5, 0.6) is 11.5 Å². The number of anilines is 2. The van der Waals surface area contributed by atoms with Gasteiger partial charge in [0.2, 0.25) is 5.95 Å². The molecule has 3 aromatic carbocycles. The molecule has 0 aliphatic carbocycles. The van der Waals surface area contributed by atoms with Gasteiger partial charge in [0.15, 0.2) is 11.5 Å². The van der Waals surface area contributed by atoms with Crippen molar-refractivity contribution in [2.45, 2.75) is 13.5 Å². The zero-order valence-corrected chi connectivity index (χ0v) is 19.1. The summed E-state index contributed by atoms with van der Waals surface area (Å²) < 4.78 is 25.4. The van der Waals surface area contributed by atoms with E-state index in [4.69, 9.17) is 19.5 Å². The molecule has 6 nitrogen and oxygen atoms in total. The quantitative estimate of drug-likeness (QED) is 0.419. The van der Waals surface area contributed by atoms with Crippen molar-refractivity contribution in [1.82, 2.24) is 9.97 Å². The molecule has 1 aliphatic rings. The Morgan fingerprint density at radius 3 is 2.50 bits per heavy atom. The van der Waals surface area contributed by atoms with Gasteiger partial charge in [-0.05, 0) is 37.3 Å². The lowest BCUT2D eigenvalue weighted by Crippen LogP contribution is -2.07. The van der Waals surface area contributed by atoms with Crippen LogP contribution in [0, 0.1) is 12.7 Å². The van der Waals surface area contributed by atoms with Crippen molar-refractivity contribution in [3.8, 4) is 22.8 Å². The SMILES string of the molecule is COc1ccc(Nc2ncc3c(n2)-c2cc(C)ccc2C(c2ccccc2F)=NC3)cc1OC. The average molecular weight is 455 g/mol. The Labute approximate surface area is 197 Å². The molecule has 0 bridgehead atoms. The third-order valence-electron chi connectivity index (χ3n) is 5.73. The number of fused-ring (bicyclic) bond motifs is 3. The number of aromatic nitrogens is 2. The summed E-state index contributed by atoms with van der Waals surface area (Å²) in [4.78, 5) is 14.1. The molecule has 0 unspecified atom stereocenters. The van der Waals surface area contributed by atoms with Gasteiger partial charge in [-0.25, -0.2) is 14.4 Å². The fraction of sp³-hybridized carbons (Fsp3) is 0.148. The number of nitrogens with one attached hydrogen (secondary N) is 1. The first-order valence-corrected chi connectivity index (χ1v) is 10.8. The molecule has 7 heteroatoms. The topological polar surface area (TPSA) is 68.6 Å². The van der Waals surface area contributed by atoms with Crippen LogP contribution < -0.4 is 14.8 Å². The summed E-state index contributed by atoms with van der Waals surface area (Å²) in [5.74, 6) is 1.37. The summed E-state index contributed by atoms with van der Waals surface area (Å²) in [7, 11) is 3.19. The highest BCUT2D eigenvalue weighted by atomic mass is 19.1. The molecule has 1 N–H and O–H groups in total. The first-order chi connectivity index (χ1) is 16.6. The van der Waals surface area contributed by atoms with Crippen LogP contribution in [0.15, 0.2) is 71.9 Å². The van der Waals surface area contributed by atoms with Gasteiger partial charge >= 0.3 is 0 Å². The van der Waals surface area contributed by atoms with Crippen molar-refractivity contribution in [3.63, 3.8) is 0 Å². The standard InChI is InChI=1S/C27H23FN4O2/c1-16-8-10-19-21(12-16)25-17(14-29-26(19)20-6-4-5-7-22(20)28)15-30-27(32-25)31-18-9-11-23(33-2)24(13-18)34-3/h4-13,15H,14H2,1-3H3,(H,30,31,32). The van der Waals surface area contributed by atoms with E-state index in [1.54, 1.807) is 32.5 Å². The summed E-state index contributed by atoms with van der Waals surface area (Å²) in [6.07, 6.45) is 1.77. The predicted octanol–water partition coefficient (Wildman–Crippen LogP) is 5.70. The second-order valence-corrected chi connectivity index (χ2v) is 7.96. The fourth-order valence-electron chi connectivity index (χ4n) is 4.05. The van der Waals surface area contributed by atoms with Crippen LogP contribution in [0.4, 0.5) is 16.0 Å². The van der Waals surface area contributed by atoms with Crippen molar-refractivity contribution in [1.29, 1.82) is 0 Å². The largest absolute Gasteiger partial charge is 0.493 e. The van der Waals surface area contributed by atoms with Crippen molar-refractivity contribution in [3.05, 3.63) is 94.9 Å². The number of methoxy groups -OCH3 is 2. The van der Waals surface area contributed by atoms with E-state index in [2.05, 4.69) is 16.4 Å². The summed E-state index contributed by atoms with van der Waals surface area (Å²) in [5.41, 5.74) is 6.30. The predicted molar refractivity (Wildman–Crippen MR) is 131 cm³/mol. The monoisotopic (exact) mass is 454 g/mol. The average Bonchev–Trinajstić information content (AvgIpc) is 3.01.